The van der Waals surface area contributed by atoms with E-state index in [2.05, 4.69) is 42.2 Å². The zero-order chi connectivity index (χ0) is 41.1. The normalized spacial score (nSPS) is 18.8. The highest BCUT2D eigenvalue weighted by Crippen LogP contribution is 2.30. The van der Waals surface area contributed by atoms with Crippen molar-refractivity contribution in [2.75, 3.05) is 57.3 Å². The van der Waals surface area contributed by atoms with Crippen molar-refractivity contribution >= 4 is 47.3 Å². The number of rotatable bonds is 13. The third-order valence-electron chi connectivity index (χ3n) is 11.5. The van der Waals surface area contributed by atoms with Crippen LogP contribution in [0.1, 0.15) is 100.0 Å². The van der Waals surface area contributed by atoms with E-state index in [1.807, 2.05) is 29.2 Å². The molecular weight excluding hydrogens is 749 g/mol. The summed E-state index contributed by atoms with van der Waals surface area (Å²) in [5.41, 5.74) is 2.41. The molecule has 59 heavy (non-hydrogen) atoms. The lowest BCUT2D eigenvalue weighted by atomic mass is 9.91. The van der Waals surface area contributed by atoms with Gasteiger partial charge in [0.05, 0.1) is 16.7 Å². The molecule has 0 radical (unpaired) electrons. The molecule has 2 aromatic heterocycles. The second kappa shape index (κ2) is 19.5. The Labute approximate surface area is 344 Å². The van der Waals surface area contributed by atoms with Crippen molar-refractivity contribution in [3.05, 3.63) is 94.9 Å². The molecule has 7 rings (SSSR count). The first kappa shape index (κ1) is 41.0. The van der Waals surface area contributed by atoms with Crippen LogP contribution < -0.4 is 15.5 Å². The van der Waals surface area contributed by atoms with E-state index in [1.165, 1.54) is 6.08 Å². The molecule has 306 valence electrons. The first-order valence-corrected chi connectivity index (χ1v) is 20.7. The average Bonchev–Trinajstić information content (AvgIpc) is 3.52. The minimum atomic E-state index is -1.01. The van der Waals surface area contributed by atoms with Gasteiger partial charge in [0.1, 0.15) is 11.9 Å². The summed E-state index contributed by atoms with van der Waals surface area (Å²) in [6.07, 6.45) is 15.1. The number of nitrogens with zero attached hydrogens (tertiary/aromatic N) is 6. The van der Waals surface area contributed by atoms with Crippen LogP contribution in [0.2, 0.25) is 0 Å². The van der Waals surface area contributed by atoms with Crippen LogP contribution in [0.3, 0.4) is 0 Å². The molecule has 1 unspecified atom stereocenters. The third kappa shape index (κ3) is 10.3. The monoisotopic (exact) mass is 798 g/mol. The largest absolute Gasteiger partial charge is 0.354 e. The lowest BCUT2D eigenvalue weighted by Crippen LogP contribution is -2.54. The van der Waals surface area contributed by atoms with Crippen LogP contribution in [0.25, 0.3) is 6.08 Å². The van der Waals surface area contributed by atoms with Gasteiger partial charge in [0.25, 0.3) is 17.7 Å². The van der Waals surface area contributed by atoms with E-state index in [1.54, 1.807) is 42.9 Å². The van der Waals surface area contributed by atoms with Crippen LogP contribution in [-0.2, 0) is 14.4 Å². The fourth-order valence-corrected chi connectivity index (χ4v) is 8.15. The molecule has 6 heterocycles. The van der Waals surface area contributed by atoms with Gasteiger partial charge in [-0.2, -0.15) is 0 Å². The lowest BCUT2D eigenvalue weighted by Gasteiger charge is -2.35. The number of piperazine rings is 1. The standard InChI is InChI=1S/C45H50N8O6/c54-39(17-13-33-9-7-21-46-30-33)47-22-4-3-8-32-19-24-52(25-20-32)43(57)35-14-16-38(48-31-35)51-28-26-50(27-29-51)23-5-1-2-10-34-11-6-12-36-41(34)45(59)53(44(36)58)37-15-18-40(55)49-42(37)56/h6-7,9,11-14,16-17,21,30-32,37H,1,3-5,8,15,18-20,22-29H2,(H,47,54)(H,49,55,56)/b17-13+. The predicted molar refractivity (Wildman–Crippen MR) is 221 cm³/mol. The zero-order valence-corrected chi connectivity index (χ0v) is 33.2. The number of anilines is 1. The molecule has 14 nitrogen and oxygen atoms in total. The molecule has 0 aliphatic carbocycles. The number of imide groups is 2. The van der Waals surface area contributed by atoms with Gasteiger partial charge in [0, 0.05) is 88.9 Å². The summed E-state index contributed by atoms with van der Waals surface area (Å²) in [5, 5.41) is 5.17. The summed E-state index contributed by atoms with van der Waals surface area (Å²) in [6, 6.07) is 11.5. The summed E-state index contributed by atoms with van der Waals surface area (Å²) in [7, 11) is 0. The van der Waals surface area contributed by atoms with Gasteiger partial charge in [-0.15, -0.1) is 0 Å². The van der Waals surface area contributed by atoms with Gasteiger partial charge in [0.2, 0.25) is 17.7 Å². The molecular formula is C45H50N8O6. The van der Waals surface area contributed by atoms with Crippen molar-refractivity contribution in [3.8, 4) is 11.8 Å². The van der Waals surface area contributed by atoms with Crippen molar-refractivity contribution in [1.29, 1.82) is 0 Å². The molecule has 14 heteroatoms. The first-order chi connectivity index (χ1) is 28.7. The summed E-state index contributed by atoms with van der Waals surface area (Å²) >= 11 is 0. The molecule has 1 atom stereocenters. The van der Waals surface area contributed by atoms with Crippen molar-refractivity contribution in [1.82, 2.24) is 35.3 Å². The Kier molecular flexibility index (Phi) is 13.5. The third-order valence-corrected chi connectivity index (χ3v) is 11.5. The van der Waals surface area contributed by atoms with E-state index in [4.69, 9.17) is 0 Å². The van der Waals surface area contributed by atoms with Crippen LogP contribution >= 0.6 is 0 Å². The van der Waals surface area contributed by atoms with Crippen LogP contribution in [0, 0.1) is 17.8 Å². The highest BCUT2D eigenvalue weighted by molar-refractivity contribution is 6.24. The second-order valence-electron chi connectivity index (χ2n) is 15.5. The maximum absolute atomic E-state index is 13.3. The van der Waals surface area contributed by atoms with Gasteiger partial charge in [0.15, 0.2) is 0 Å². The molecule has 3 saturated heterocycles. The Morgan fingerprint density at radius 1 is 0.881 bits per heavy atom. The number of hydrogen-bond donors (Lipinski definition) is 2. The van der Waals surface area contributed by atoms with Crippen LogP contribution in [-0.4, -0.2) is 119 Å². The molecule has 0 spiro atoms. The molecule has 4 aliphatic heterocycles. The van der Waals surface area contributed by atoms with Crippen molar-refractivity contribution in [3.63, 3.8) is 0 Å². The van der Waals surface area contributed by atoms with Crippen molar-refractivity contribution in [2.45, 2.75) is 63.8 Å². The fourth-order valence-electron chi connectivity index (χ4n) is 8.15. The highest BCUT2D eigenvalue weighted by atomic mass is 16.2. The van der Waals surface area contributed by atoms with E-state index in [0.717, 1.165) is 101 Å². The number of amides is 6. The number of hydrogen-bond acceptors (Lipinski definition) is 10. The smallest absolute Gasteiger partial charge is 0.263 e. The predicted octanol–water partition coefficient (Wildman–Crippen LogP) is 3.68. The molecule has 3 aromatic rings. The SMILES string of the molecule is O=C(/C=C/c1cccnc1)NCCCCC1CCN(C(=O)c2ccc(N3CCN(CCCC#Cc4cccc5c4C(=O)N(C4CCC(=O)NC4=O)C5=O)CC3)nc2)CC1. The van der Waals surface area contributed by atoms with E-state index < -0.39 is 29.7 Å². The van der Waals surface area contributed by atoms with Gasteiger partial charge >= 0.3 is 0 Å². The lowest BCUT2D eigenvalue weighted by molar-refractivity contribution is -0.136. The quantitative estimate of drug-likeness (QED) is 0.113. The summed E-state index contributed by atoms with van der Waals surface area (Å²) < 4.78 is 0. The van der Waals surface area contributed by atoms with Crippen LogP contribution in [0.15, 0.2) is 67.1 Å². The number of fused-ring (bicyclic) bond motifs is 1. The number of likely N-dealkylation sites (tertiary alicyclic amines) is 1. The minimum absolute atomic E-state index is 0.0309. The molecule has 4 aliphatic rings. The summed E-state index contributed by atoms with van der Waals surface area (Å²) in [4.78, 5) is 92.0. The number of unbranched alkanes of at least 4 members (excludes halogenated alkanes) is 2. The maximum Gasteiger partial charge on any atom is 0.263 e. The molecule has 3 fully saturated rings. The number of carbonyl (C=O) groups is 6. The minimum Gasteiger partial charge on any atom is -0.354 e. The van der Waals surface area contributed by atoms with Crippen molar-refractivity contribution in [2.24, 2.45) is 5.92 Å². The molecule has 0 saturated carbocycles. The Morgan fingerprint density at radius 3 is 2.46 bits per heavy atom. The van der Waals surface area contributed by atoms with E-state index in [0.29, 0.717) is 30.0 Å². The Morgan fingerprint density at radius 2 is 1.71 bits per heavy atom. The Hall–Kier alpha value is -6.20. The number of piperidine rings is 2. The van der Waals surface area contributed by atoms with E-state index in [-0.39, 0.29) is 35.8 Å². The number of aromatic nitrogens is 2. The van der Waals surface area contributed by atoms with Gasteiger partial charge in [-0.3, -0.25) is 48.9 Å². The molecule has 0 bridgehead atoms. The highest BCUT2D eigenvalue weighted by Gasteiger charge is 2.45. The number of carbonyl (C=O) groups excluding carboxylic acids is 6. The fraction of sp³-hybridized carbons (Fsp3) is 0.422. The maximum atomic E-state index is 13.3. The van der Waals surface area contributed by atoms with E-state index in [9.17, 15) is 28.8 Å². The van der Waals surface area contributed by atoms with Gasteiger partial charge in [-0.05, 0) is 86.5 Å². The molecule has 2 N–H and O–H groups in total. The van der Waals surface area contributed by atoms with Gasteiger partial charge in [-0.1, -0.05) is 36.8 Å². The summed E-state index contributed by atoms with van der Waals surface area (Å²) in [6.45, 7) is 6.41. The zero-order valence-electron chi connectivity index (χ0n) is 33.2. The van der Waals surface area contributed by atoms with E-state index >= 15 is 0 Å². The summed E-state index contributed by atoms with van der Waals surface area (Å²) in [5.74, 6) is 5.50. The van der Waals surface area contributed by atoms with Gasteiger partial charge in [-0.25, -0.2) is 4.98 Å². The second-order valence-corrected chi connectivity index (χ2v) is 15.5. The number of nitrogens with one attached hydrogen (secondary N) is 2. The number of benzene rings is 1. The topological polar surface area (TPSA) is 165 Å². The number of pyridine rings is 2. The molecule has 6 amide bonds. The average molecular weight is 799 g/mol. The molecule has 1 aromatic carbocycles. The van der Waals surface area contributed by atoms with Crippen molar-refractivity contribution < 1.29 is 28.8 Å². The van der Waals surface area contributed by atoms with Gasteiger partial charge < -0.3 is 15.1 Å². The Bertz CT molecular complexity index is 2130. The Balaban J connectivity index is 0.778. The first-order valence-electron chi connectivity index (χ1n) is 20.7. The van der Waals surface area contributed by atoms with Crippen LogP contribution in [0.4, 0.5) is 5.82 Å². The van der Waals surface area contributed by atoms with Crippen LogP contribution in [0.5, 0.6) is 0 Å².